The number of nitrogens with one attached hydrogen (secondary N) is 1. The molecular formula is C16H30N4O. The topological polar surface area (TPSA) is 62.9 Å². The number of rotatable bonds is 5. The normalized spacial score (nSPS) is 35.5. The van der Waals surface area contributed by atoms with Gasteiger partial charge in [-0.25, -0.2) is 0 Å². The zero-order chi connectivity index (χ0) is 14.9. The molecule has 1 saturated heterocycles. The van der Waals surface area contributed by atoms with Crippen molar-refractivity contribution in [1.82, 2.24) is 10.2 Å². The van der Waals surface area contributed by atoms with Gasteiger partial charge in [-0.2, -0.15) is 0 Å². The number of hydrogen-bond donors (Lipinski definition) is 2. The SMILES string of the molecule is CCN1CCCC1CN=C(N)NC1CC(OC)C12CCC2. The number of ether oxygens (including phenoxy) is 1. The molecule has 1 spiro atoms. The van der Waals surface area contributed by atoms with E-state index in [4.69, 9.17) is 10.5 Å². The Balaban J connectivity index is 1.50. The molecule has 2 saturated carbocycles. The van der Waals surface area contributed by atoms with Crippen molar-refractivity contribution in [3.05, 3.63) is 0 Å². The third-order valence-corrected chi connectivity index (χ3v) is 6.05. The van der Waals surface area contributed by atoms with Crippen molar-refractivity contribution in [2.24, 2.45) is 16.1 Å². The highest BCUT2D eigenvalue weighted by Gasteiger charge is 2.58. The number of aliphatic imine (C=N–C) groups is 1. The maximum Gasteiger partial charge on any atom is 0.188 e. The smallest absolute Gasteiger partial charge is 0.188 e. The van der Waals surface area contributed by atoms with Gasteiger partial charge in [0.1, 0.15) is 0 Å². The Labute approximate surface area is 128 Å². The number of likely N-dealkylation sites (tertiary alicyclic amines) is 1. The van der Waals surface area contributed by atoms with Crippen molar-refractivity contribution < 1.29 is 4.74 Å². The van der Waals surface area contributed by atoms with E-state index < -0.39 is 0 Å². The fourth-order valence-electron chi connectivity index (χ4n) is 4.48. The van der Waals surface area contributed by atoms with Gasteiger partial charge in [-0.15, -0.1) is 0 Å². The summed E-state index contributed by atoms with van der Waals surface area (Å²) in [6.45, 7) is 5.39. The van der Waals surface area contributed by atoms with Crippen LogP contribution in [0.1, 0.15) is 45.4 Å². The molecule has 5 heteroatoms. The number of nitrogens with zero attached hydrogens (tertiary/aromatic N) is 2. The Hall–Kier alpha value is -0.810. The fraction of sp³-hybridized carbons (Fsp3) is 0.938. The van der Waals surface area contributed by atoms with E-state index in [1.54, 1.807) is 0 Å². The first-order valence-corrected chi connectivity index (χ1v) is 8.53. The molecule has 3 unspecified atom stereocenters. The lowest BCUT2D eigenvalue weighted by atomic mass is 9.51. The molecule has 3 fully saturated rings. The molecule has 3 N–H and O–H groups in total. The van der Waals surface area contributed by atoms with Gasteiger partial charge in [0, 0.05) is 24.6 Å². The molecule has 0 aromatic rings. The van der Waals surface area contributed by atoms with Gasteiger partial charge < -0.3 is 15.8 Å². The molecule has 21 heavy (non-hydrogen) atoms. The van der Waals surface area contributed by atoms with Gasteiger partial charge >= 0.3 is 0 Å². The Morgan fingerprint density at radius 2 is 2.24 bits per heavy atom. The van der Waals surface area contributed by atoms with Crippen LogP contribution < -0.4 is 11.1 Å². The van der Waals surface area contributed by atoms with E-state index in [2.05, 4.69) is 22.1 Å². The Bertz CT molecular complexity index is 394. The minimum atomic E-state index is 0.345. The second-order valence-corrected chi connectivity index (χ2v) is 6.89. The Morgan fingerprint density at radius 1 is 1.43 bits per heavy atom. The van der Waals surface area contributed by atoms with E-state index >= 15 is 0 Å². The summed E-state index contributed by atoms with van der Waals surface area (Å²) >= 11 is 0. The average molecular weight is 294 g/mol. The van der Waals surface area contributed by atoms with E-state index in [0.29, 0.717) is 29.6 Å². The largest absolute Gasteiger partial charge is 0.381 e. The molecule has 0 amide bonds. The Kier molecular flexibility index (Phi) is 4.41. The molecule has 0 radical (unpaired) electrons. The first kappa shape index (κ1) is 15.1. The summed E-state index contributed by atoms with van der Waals surface area (Å²) in [7, 11) is 1.83. The predicted octanol–water partition coefficient (Wildman–Crippen LogP) is 1.33. The average Bonchev–Trinajstić information content (AvgIpc) is 2.86. The van der Waals surface area contributed by atoms with Crippen molar-refractivity contribution in [2.75, 3.05) is 26.7 Å². The maximum atomic E-state index is 6.12. The third kappa shape index (κ3) is 2.66. The third-order valence-electron chi connectivity index (χ3n) is 6.05. The van der Waals surface area contributed by atoms with E-state index in [1.165, 1.54) is 38.6 Å². The highest BCUT2D eigenvalue weighted by Crippen LogP contribution is 2.57. The molecule has 3 rings (SSSR count). The first-order valence-electron chi connectivity index (χ1n) is 8.53. The van der Waals surface area contributed by atoms with Crippen LogP contribution in [-0.4, -0.2) is 55.8 Å². The van der Waals surface area contributed by atoms with E-state index in [0.717, 1.165) is 19.5 Å². The minimum Gasteiger partial charge on any atom is -0.381 e. The number of hydrogen-bond acceptors (Lipinski definition) is 3. The van der Waals surface area contributed by atoms with Crippen LogP contribution in [0.2, 0.25) is 0 Å². The van der Waals surface area contributed by atoms with Gasteiger partial charge in [0.25, 0.3) is 0 Å². The summed E-state index contributed by atoms with van der Waals surface area (Å²) in [6.07, 6.45) is 7.89. The summed E-state index contributed by atoms with van der Waals surface area (Å²) in [5.74, 6) is 0.629. The molecule has 3 atom stereocenters. The number of methoxy groups -OCH3 is 1. The lowest BCUT2D eigenvalue weighted by molar-refractivity contribution is -0.156. The van der Waals surface area contributed by atoms with Crippen LogP contribution in [0.25, 0.3) is 0 Å². The molecule has 1 heterocycles. The molecule has 5 nitrogen and oxygen atoms in total. The molecule has 0 aromatic carbocycles. The monoisotopic (exact) mass is 294 g/mol. The summed E-state index contributed by atoms with van der Waals surface area (Å²) in [6, 6.07) is 1.05. The molecule has 2 aliphatic carbocycles. The standard InChI is InChI=1S/C16H30N4O/c1-3-20-9-4-6-12(20)11-18-15(17)19-13-10-14(21-2)16(13)7-5-8-16/h12-14H,3-11H2,1-2H3,(H3,17,18,19). The van der Waals surface area contributed by atoms with Crippen LogP contribution in [0.3, 0.4) is 0 Å². The van der Waals surface area contributed by atoms with Crippen LogP contribution in [0, 0.1) is 5.41 Å². The zero-order valence-electron chi connectivity index (χ0n) is 13.5. The van der Waals surface area contributed by atoms with Gasteiger partial charge in [0.15, 0.2) is 5.96 Å². The first-order chi connectivity index (χ1) is 10.2. The second-order valence-electron chi connectivity index (χ2n) is 6.89. The molecular weight excluding hydrogens is 264 g/mol. The van der Waals surface area contributed by atoms with Gasteiger partial charge in [-0.1, -0.05) is 13.3 Å². The summed E-state index contributed by atoms with van der Waals surface area (Å²) in [4.78, 5) is 7.11. The van der Waals surface area contributed by atoms with Crippen LogP contribution in [0.15, 0.2) is 4.99 Å². The molecule has 1 aliphatic heterocycles. The van der Waals surface area contributed by atoms with Crippen molar-refractivity contribution in [3.63, 3.8) is 0 Å². The van der Waals surface area contributed by atoms with E-state index in [-0.39, 0.29) is 0 Å². The summed E-state index contributed by atoms with van der Waals surface area (Å²) in [5, 5.41) is 3.46. The zero-order valence-corrected chi connectivity index (χ0v) is 13.5. The van der Waals surface area contributed by atoms with Crippen LogP contribution in [-0.2, 0) is 4.74 Å². The van der Waals surface area contributed by atoms with Crippen LogP contribution in [0.4, 0.5) is 0 Å². The predicted molar refractivity (Wildman–Crippen MR) is 85.4 cm³/mol. The quantitative estimate of drug-likeness (QED) is 0.593. The van der Waals surface area contributed by atoms with Gasteiger partial charge in [-0.3, -0.25) is 9.89 Å². The van der Waals surface area contributed by atoms with Crippen LogP contribution >= 0.6 is 0 Å². The minimum absolute atomic E-state index is 0.345. The van der Waals surface area contributed by atoms with E-state index in [1.807, 2.05) is 7.11 Å². The van der Waals surface area contributed by atoms with Gasteiger partial charge in [0.2, 0.25) is 0 Å². The molecule has 0 aromatic heterocycles. The molecule has 3 aliphatic rings. The molecule has 0 bridgehead atoms. The summed E-state index contributed by atoms with van der Waals surface area (Å²) < 4.78 is 5.60. The van der Waals surface area contributed by atoms with Crippen molar-refractivity contribution in [2.45, 2.75) is 63.6 Å². The highest BCUT2D eigenvalue weighted by molar-refractivity contribution is 5.78. The number of likely N-dealkylation sites (N-methyl/N-ethyl adjacent to an activating group) is 1. The van der Waals surface area contributed by atoms with Gasteiger partial charge in [0.05, 0.1) is 12.6 Å². The number of guanidine groups is 1. The van der Waals surface area contributed by atoms with Crippen molar-refractivity contribution in [1.29, 1.82) is 0 Å². The molecule has 120 valence electrons. The van der Waals surface area contributed by atoms with Crippen molar-refractivity contribution in [3.8, 4) is 0 Å². The van der Waals surface area contributed by atoms with Crippen LogP contribution in [0.5, 0.6) is 0 Å². The lowest BCUT2D eigenvalue weighted by Gasteiger charge is -2.60. The lowest BCUT2D eigenvalue weighted by Crippen LogP contribution is -2.68. The Morgan fingerprint density at radius 3 is 2.86 bits per heavy atom. The van der Waals surface area contributed by atoms with E-state index in [9.17, 15) is 0 Å². The number of nitrogens with two attached hydrogens (primary N) is 1. The van der Waals surface area contributed by atoms with Gasteiger partial charge in [-0.05, 0) is 45.2 Å². The fourth-order valence-corrected chi connectivity index (χ4v) is 4.48. The summed E-state index contributed by atoms with van der Waals surface area (Å²) in [5.41, 5.74) is 6.46. The maximum absolute atomic E-state index is 6.12. The second kappa shape index (κ2) is 6.13. The van der Waals surface area contributed by atoms with Crippen molar-refractivity contribution >= 4 is 5.96 Å². The highest BCUT2D eigenvalue weighted by atomic mass is 16.5.